The Bertz CT molecular complexity index is 1390. The highest BCUT2D eigenvalue weighted by atomic mass is 16.7. The second-order valence-electron chi connectivity index (χ2n) is 11.5. The molecule has 2 heterocycles. The number of likely N-dealkylation sites (tertiary alicyclic amines) is 1. The zero-order chi connectivity index (χ0) is 31.1. The third-order valence-electron chi connectivity index (χ3n) is 8.30. The number of β-amino-alcohol motifs (C(OH)–C–C–N with tert-alkyl or cyclic N) is 1. The highest BCUT2D eigenvalue weighted by Crippen LogP contribution is 2.42. The number of hydrogen-bond donors (Lipinski definition) is 4. The lowest BCUT2D eigenvalue weighted by molar-refractivity contribution is -0.276. The number of hydrogen-bond acceptors (Lipinski definition) is 8. The fourth-order valence-electron chi connectivity index (χ4n) is 5.83. The molecule has 0 spiro atoms. The van der Waals surface area contributed by atoms with Crippen LogP contribution in [0, 0.1) is 5.92 Å². The van der Waals surface area contributed by atoms with Gasteiger partial charge in [0.25, 0.3) is 0 Å². The number of urea groups is 1. The van der Waals surface area contributed by atoms with Gasteiger partial charge in [-0.2, -0.15) is 0 Å². The summed E-state index contributed by atoms with van der Waals surface area (Å²) in [6.07, 6.45) is -0.470. The Balaban J connectivity index is 1.31. The average molecular weight is 604 g/mol. The molecule has 2 aliphatic rings. The smallest absolute Gasteiger partial charge is 0.328 e. The molecule has 0 bridgehead atoms. The van der Waals surface area contributed by atoms with Gasteiger partial charge in [-0.1, -0.05) is 73.7 Å². The molecule has 0 saturated carbocycles. The first kappa shape index (κ1) is 31.6. The zero-order valence-electron chi connectivity index (χ0n) is 25.1. The Morgan fingerprint density at radius 1 is 1.00 bits per heavy atom. The Kier molecular flexibility index (Phi) is 10.6. The second-order valence-corrected chi connectivity index (χ2v) is 11.5. The molecular weight excluding hydrogens is 562 g/mol. The molecule has 5 rings (SSSR count). The van der Waals surface area contributed by atoms with Crippen LogP contribution in [-0.2, 0) is 32.0 Å². The van der Waals surface area contributed by atoms with E-state index in [0.29, 0.717) is 25.2 Å². The molecule has 10 nitrogen and oxygen atoms in total. The summed E-state index contributed by atoms with van der Waals surface area (Å²) in [5.74, 6) is -0.526. The van der Waals surface area contributed by atoms with Crippen LogP contribution in [-0.4, -0.2) is 72.1 Å². The number of methoxy groups -OCH3 is 1. The van der Waals surface area contributed by atoms with Crippen molar-refractivity contribution in [3.05, 3.63) is 101 Å². The highest BCUT2D eigenvalue weighted by Gasteiger charge is 2.40. The Morgan fingerprint density at radius 2 is 1.77 bits per heavy atom. The van der Waals surface area contributed by atoms with Crippen LogP contribution >= 0.6 is 0 Å². The standard InChI is InChI=1S/C34H41N3O7/c1-22-30(20-37-16-15-28(39)19-37)43-33(44-31(22)25-13-11-24(21-38)12-14-25)26-9-6-10-27(18-26)35-34(41)36-29(32(40)42-2)17-23-7-4-3-5-8-23/h3-14,18,22,28-31,33,38-39H,15-17,19-21H2,1-2H3,(H2,35,36,41)/t22-,28+,29+,30+,31+,33+/m1/s1. The molecular formula is C34H41N3O7. The first-order chi connectivity index (χ1) is 21.3. The van der Waals surface area contributed by atoms with E-state index >= 15 is 0 Å². The van der Waals surface area contributed by atoms with Crippen LogP contribution in [0.3, 0.4) is 0 Å². The Labute approximate surface area is 257 Å². The maximum Gasteiger partial charge on any atom is 0.328 e. The summed E-state index contributed by atoms with van der Waals surface area (Å²) in [4.78, 5) is 27.6. The summed E-state index contributed by atoms with van der Waals surface area (Å²) >= 11 is 0. The number of ether oxygens (including phenoxy) is 3. The summed E-state index contributed by atoms with van der Waals surface area (Å²) in [5.41, 5.74) is 3.94. The van der Waals surface area contributed by atoms with Gasteiger partial charge >= 0.3 is 12.0 Å². The van der Waals surface area contributed by atoms with Crippen molar-refractivity contribution in [1.82, 2.24) is 10.2 Å². The van der Waals surface area contributed by atoms with Gasteiger partial charge in [0.1, 0.15) is 6.04 Å². The molecule has 3 aromatic rings. The molecule has 10 heteroatoms. The minimum Gasteiger partial charge on any atom is -0.467 e. The van der Waals surface area contributed by atoms with Crippen molar-refractivity contribution >= 4 is 17.7 Å². The number of carbonyl (C=O) groups excluding carboxylic acids is 2. The zero-order valence-corrected chi connectivity index (χ0v) is 25.1. The summed E-state index contributed by atoms with van der Waals surface area (Å²) in [5, 5.41) is 25.2. The van der Waals surface area contributed by atoms with Crippen molar-refractivity contribution in [2.24, 2.45) is 5.92 Å². The van der Waals surface area contributed by atoms with Gasteiger partial charge in [-0.15, -0.1) is 0 Å². The number of benzene rings is 3. The lowest BCUT2D eigenvalue weighted by Gasteiger charge is -2.42. The number of aliphatic hydroxyl groups is 2. The lowest BCUT2D eigenvalue weighted by atomic mass is 9.90. The van der Waals surface area contributed by atoms with Gasteiger partial charge in [-0.25, -0.2) is 9.59 Å². The first-order valence-corrected chi connectivity index (χ1v) is 15.0. The van der Waals surface area contributed by atoms with Crippen LogP contribution in [0.25, 0.3) is 0 Å². The number of carbonyl (C=O) groups is 2. The maximum absolute atomic E-state index is 13.0. The molecule has 2 saturated heterocycles. The van der Waals surface area contributed by atoms with Crippen LogP contribution in [0.4, 0.5) is 10.5 Å². The third-order valence-corrected chi connectivity index (χ3v) is 8.30. The average Bonchev–Trinajstić information content (AvgIpc) is 3.46. The molecule has 44 heavy (non-hydrogen) atoms. The van der Waals surface area contributed by atoms with E-state index in [-0.39, 0.29) is 30.8 Å². The van der Waals surface area contributed by atoms with E-state index in [1.165, 1.54) is 7.11 Å². The van der Waals surface area contributed by atoms with E-state index < -0.39 is 24.3 Å². The fraction of sp³-hybridized carbons (Fsp3) is 0.412. The summed E-state index contributed by atoms with van der Waals surface area (Å²) in [7, 11) is 1.29. The number of amides is 2. The van der Waals surface area contributed by atoms with Gasteiger partial charge in [0, 0.05) is 43.2 Å². The molecule has 2 amide bonds. The topological polar surface area (TPSA) is 130 Å². The number of aliphatic hydroxyl groups excluding tert-OH is 2. The predicted octanol–water partition coefficient (Wildman–Crippen LogP) is 3.94. The maximum atomic E-state index is 13.0. The molecule has 234 valence electrons. The number of nitrogens with one attached hydrogen (secondary N) is 2. The molecule has 6 atom stereocenters. The van der Waals surface area contributed by atoms with E-state index in [4.69, 9.17) is 14.2 Å². The molecule has 0 unspecified atom stereocenters. The van der Waals surface area contributed by atoms with Crippen molar-refractivity contribution in [2.45, 2.75) is 57.0 Å². The van der Waals surface area contributed by atoms with Crippen LogP contribution in [0.5, 0.6) is 0 Å². The predicted molar refractivity (Wildman–Crippen MR) is 165 cm³/mol. The Morgan fingerprint density at radius 3 is 2.45 bits per heavy atom. The van der Waals surface area contributed by atoms with Gasteiger partial charge < -0.3 is 35.1 Å². The van der Waals surface area contributed by atoms with Crippen molar-refractivity contribution < 1.29 is 34.0 Å². The van der Waals surface area contributed by atoms with E-state index in [2.05, 4.69) is 22.5 Å². The van der Waals surface area contributed by atoms with E-state index in [1.54, 1.807) is 12.1 Å². The summed E-state index contributed by atoms with van der Waals surface area (Å²) in [6, 6.07) is 23.0. The van der Waals surface area contributed by atoms with Gasteiger partial charge in [-0.3, -0.25) is 4.90 Å². The SMILES string of the molecule is COC(=O)[C@H](Cc1ccccc1)NC(=O)Nc1cccc([C@H]2O[C@@H](CN3CC[C@H](O)C3)[C@@H](C)[C@@H](c3ccc(CO)cc3)O2)c1. The third kappa shape index (κ3) is 8.02. The van der Waals surface area contributed by atoms with Crippen LogP contribution in [0.2, 0.25) is 0 Å². The fourth-order valence-corrected chi connectivity index (χ4v) is 5.83. The number of nitrogens with zero attached hydrogens (tertiary/aromatic N) is 1. The van der Waals surface area contributed by atoms with Gasteiger partial charge in [-0.05, 0) is 35.2 Å². The number of rotatable bonds is 10. The van der Waals surface area contributed by atoms with Crippen LogP contribution in [0.15, 0.2) is 78.9 Å². The van der Waals surface area contributed by atoms with Crippen molar-refractivity contribution in [3.8, 4) is 0 Å². The van der Waals surface area contributed by atoms with E-state index in [9.17, 15) is 19.8 Å². The van der Waals surface area contributed by atoms with E-state index in [0.717, 1.165) is 35.2 Å². The number of anilines is 1. The van der Waals surface area contributed by atoms with Crippen molar-refractivity contribution in [3.63, 3.8) is 0 Å². The van der Waals surface area contributed by atoms with Gasteiger partial charge in [0.2, 0.25) is 0 Å². The molecule has 4 N–H and O–H groups in total. The van der Waals surface area contributed by atoms with Crippen LogP contribution in [0.1, 0.15) is 48.0 Å². The number of esters is 1. The van der Waals surface area contributed by atoms with Crippen molar-refractivity contribution in [1.29, 1.82) is 0 Å². The summed E-state index contributed by atoms with van der Waals surface area (Å²) < 4.78 is 18.0. The van der Waals surface area contributed by atoms with Crippen LogP contribution < -0.4 is 10.6 Å². The summed E-state index contributed by atoms with van der Waals surface area (Å²) in [6.45, 7) is 4.14. The minimum atomic E-state index is -0.861. The molecule has 0 aromatic heterocycles. The lowest BCUT2D eigenvalue weighted by Crippen LogP contribution is -2.45. The minimum absolute atomic E-state index is 0.0101. The highest BCUT2D eigenvalue weighted by molar-refractivity contribution is 5.92. The van der Waals surface area contributed by atoms with Crippen molar-refractivity contribution in [2.75, 3.05) is 32.1 Å². The largest absolute Gasteiger partial charge is 0.467 e. The van der Waals surface area contributed by atoms with Gasteiger partial charge in [0.05, 0.1) is 32.0 Å². The molecule has 2 aliphatic heterocycles. The molecule has 2 fully saturated rings. The first-order valence-electron chi connectivity index (χ1n) is 15.0. The van der Waals surface area contributed by atoms with Gasteiger partial charge in [0.15, 0.2) is 6.29 Å². The molecule has 0 radical (unpaired) electrons. The monoisotopic (exact) mass is 603 g/mol. The quantitative estimate of drug-likeness (QED) is 0.257. The second kappa shape index (κ2) is 14.8. The Hall–Kier alpha value is -3.80. The molecule has 3 aromatic carbocycles. The normalized spacial score (nSPS) is 24.4. The van der Waals surface area contributed by atoms with E-state index in [1.807, 2.05) is 66.7 Å². The molecule has 0 aliphatic carbocycles.